The van der Waals surface area contributed by atoms with Crippen LogP contribution in [0.25, 0.3) is 5.69 Å². The molecule has 0 saturated carbocycles. The fraction of sp³-hybridized carbons (Fsp3) is 0.360. The second-order valence-electron chi connectivity index (χ2n) is 8.53. The van der Waals surface area contributed by atoms with Crippen molar-refractivity contribution in [3.63, 3.8) is 0 Å². The van der Waals surface area contributed by atoms with E-state index in [0.717, 1.165) is 68.7 Å². The van der Waals surface area contributed by atoms with E-state index in [0.29, 0.717) is 5.69 Å². The number of aromatic nitrogens is 2. The highest BCUT2D eigenvalue weighted by Gasteiger charge is 2.29. The molecule has 0 bridgehead atoms. The second-order valence-corrected chi connectivity index (χ2v) is 8.53. The molecule has 1 aliphatic carbocycles. The van der Waals surface area contributed by atoms with Crippen LogP contribution in [0.1, 0.15) is 46.6 Å². The van der Waals surface area contributed by atoms with Crippen LogP contribution in [-0.2, 0) is 19.4 Å². The van der Waals surface area contributed by atoms with Gasteiger partial charge in [-0.25, -0.2) is 9.07 Å². The summed E-state index contributed by atoms with van der Waals surface area (Å²) in [5, 5.41) is 7.86. The number of hydrogen-bond acceptors (Lipinski definition) is 3. The average Bonchev–Trinajstić information content (AvgIpc) is 3.39. The van der Waals surface area contributed by atoms with Gasteiger partial charge in [-0.15, -0.1) is 0 Å². The van der Waals surface area contributed by atoms with E-state index in [1.54, 1.807) is 12.1 Å². The van der Waals surface area contributed by atoms with Crippen LogP contribution in [0.5, 0.6) is 0 Å². The van der Waals surface area contributed by atoms with Crippen LogP contribution in [0.2, 0.25) is 0 Å². The predicted octanol–water partition coefficient (Wildman–Crippen LogP) is 3.89. The molecule has 5 nitrogen and oxygen atoms in total. The predicted molar refractivity (Wildman–Crippen MR) is 118 cm³/mol. The first-order valence-corrected chi connectivity index (χ1v) is 11.1. The molecule has 2 aromatic carbocycles. The lowest BCUT2D eigenvalue weighted by molar-refractivity contribution is 0.0902. The highest BCUT2D eigenvalue weighted by molar-refractivity contribution is 5.94. The van der Waals surface area contributed by atoms with Gasteiger partial charge in [0.25, 0.3) is 5.91 Å². The van der Waals surface area contributed by atoms with Gasteiger partial charge >= 0.3 is 0 Å². The molecule has 0 atom stereocenters. The summed E-state index contributed by atoms with van der Waals surface area (Å²) in [6, 6.07) is 17.0. The third-order valence-electron chi connectivity index (χ3n) is 6.39. The largest absolute Gasteiger partial charge is 0.348 e. The summed E-state index contributed by atoms with van der Waals surface area (Å²) in [6.45, 7) is 2.90. The van der Waals surface area contributed by atoms with Crippen LogP contribution in [0.3, 0.4) is 0 Å². The summed E-state index contributed by atoms with van der Waals surface area (Å²) in [5.74, 6) is -0.357. The molecule has 1 aliphatic heterocycles. The molecule has 160 valence electrons. The molecule has 3 aromatic rings. The molecule has 1 amide bonds. The van der Waals surface area contributed by atoms with Crippen LogP contribution >= 0.6 is 0 Å². The number of hydrogen-bond donors (Lipinski definition) is 1. The number of likely N-dealkylation sites (tertiary alicyclic amines) is 1. The van der Waals surface area contributed by atoms with Crippen molar-refractivity contribution >= 4 is 5.91 Å². The number of halogens is 1. The van der Waals surface area contributed by atoms with Gasteiger partial charge in [0.1, 0.15) is 5.82 Å². The lowest BCUT2D eigenvalue weighted by atomic mass is 10.0. The van der Waals surface area contributed by atoms with E-state index in [1.165, 1.54) is 17.7 Å². The first-order chi connectivity index (χ1) is 15.2. The minimum atomic E-state index is -0.274. The van der Waals surface area contributed by atoms with Crippen LogP contribution in [0.15, 0.2) is 54.6 Å². The number of carbonyl (C=O) groups is 1. The van der Waals surface area contributed by atoms with Gasteiger partial charge in [-0.3, -0.25) is 9.69 Å². The fourth-order valence-electron chi connectivity index (χ4n) is 4.75. The van der Waals surface area contributed by atoms with Gasteiger partial charge in [-0.05, 0) is 61.9 Å². The van der Waals surface area contributed by atoms with E-state index in [2.05, 4.69) is 39.6 Å². The van der Waals surface area contributed by atoms with E-state index >= 15 is 0 Å². The first kappa shape index (κ1) is 19.9. The normalized spacial score (nSPS) is 16.9. The third kappa shape index (κ3) is 4.26. The summed E-state index contributed by atoms with van der Waals surface area (Å²) < 4.78 is 15.1. The molecular formula is C25H27FN4O. The quantitative estimate of drug-likeness (QED) is 0.684. The second kappa shape index (κ2) is 8.63. The van der Waals surface area contributed by atoms with Crippen LogP contribution in [0, 0.1) is 5.82 Å². The number of carbonyl (C=O) groups excluding carboxylic acids is 1. The number of nitrogens with zero attached hydrogens (tertiary/aromatic N) is 3. The molecule has 0 radical (unpaired) electrons. The van der Waals surface area contributed by atoms with Crippen LogP contribution < -0.4 is 5.32 Å². The summed E-state index contributed by atoms with van der Waals surface area (Å²) >= 11 is 0. The lowest BCUT2D eigenvalue weighted by Gasteiger charge is -2.32. The number of piperidine rings is 1. The van der Waals surface area contributed by atoms with Crippen molar-refractivity contribution < 1.29 is 9.18 Å². The van der Waals surface area contributed by atoms with Gasteiger partial charge in [0.2, 0.25) is 0 Å². The van der Waals surface area contributed by atoms with Gasteiger partial charge in [0.15, 0.2) is 5.69 Å². The third-order valence-corrected chi connectivity index (χ3v) is 6.39. The number of fused-ring (bicyclic) bond motifs is 1. The zero-order chi connectivity index (χ0) is 21.2. The minimum Gasteiger partial charge on any atom is -0.348 e. The van der Waals surface area contributed by atoms with E-state index in [4.69, 9.17) is 0 Å². The van der Waals surface area contributed by atoms with E-state index in [9.17, 15) is 9.18 Å². The number of nitrogens with one attached hydrogen (secondary N) is 1. The molecule has 1 aromatic heterocycles. The maximum Gasteiger partial charge on any atom is 0.272 e. The van der Waals surface area contributed by atoms with Crippen molar-refractivity contribution in [1.82, 2.24) is 20.0 Å². The Kier molecular flexibility index (Phi) is 5.55. The van der Waals surface area contributed by atoms with Gasteiger partial charge in [0, 0.05) is 36.9 Å². The fourth-order valence-corrected chi connectivity index (χ4v) is 4.75. The maximum atomic E-state index is 13.3. The Bertz CT molecular complexity index is 1050. The zero-order valence-electron chi connectivity index (χ0n) is 17.6. The smallest absolute Gasteiger partial charge is 0.272 e. The molecule has 2 aliphatic rings. The minimum absolute atomic E-state index is 0.0829. The monoisotopic (exact) mass is 418 g/mol. The molecule has 1 N–H and O–H groups in total. The summed E-state index contributed by atoms with van der Waals surface area (Å²) in [7, 11) is 0. The Morgan fingerprint density at radius 3 is 2.52 bits per heavy atom. The van der Waals surface area contributed by atoms with E-state index in [1.807, 2.05) is 10.7 Å². The Hall–Kier alpha value is -2.99. The van der Waals surface area contributed by atoms with Crippen LogP contribution in [0.4, 0.5) is 4.39 Å². The molecular weight excluding hydrogens is 391 g/mol. The summed E-state index contributed by atoms with van der Waals surface area (Å²) in [4.78, 5) is 15.5. The molecule has 0 spiro atoms. The Morgan fingerprint density at radius 1 is 1.03 bits per heavy atom. The zero-order valence-corrected chi connectivity index (χ0v) is 17.6. The highest BCUT2D eigenvalue weighted by Crippen LogP contribution is 2.28. The molecule has 2 heterocycles. The van der Waals surface area contributed by atoms with Gasteiger partial charge in [-0.1, -0.05) is 30.3 Å². The van der Waals surface area contributed by atoms with Gasteiger partial charge in [0.05, 0.1) is 5.69 Å². The molecule has 1 fully saturated rings. The topological polar surface area (TPSA) is 50.2 Å². The number of rotatable bonds is 5. The van der Waals surface area contributed by atoms with Crippen molar-refractivity contribution in [2.24, 2.45) is 0 Å². The standard InChI is InChI=1S/C25H27FN4O/c26-19-9-11-21(12-10-19)30-23-8-4-7-22(23)24(28-30)25(31)27-20-13-15-29(16-14-20)17-18-5-2-1-3-6-18/h1-3,5-6,9-12,20H,4,7-8,13-17H2,(H,27,31). The molecule has 0 unspecified atom stereocenters. The Morgan fingerprint density at radius 2 is 1.77 bits per heavy atom. The Labute approximate surface area is 181 Å². The number of amides is 1. The molecule has 1 saturated heterocycles. The SMILES string of the molecule is O=C(NC1CCN(Cc2ccccc2)CC1)c1nn(-c2ccc(F)cc2)c2c1CCC2. The van der Waals surface area contributed by atoms with Crippen LogP contribution in [-0.4, -0.2) is 39.7 Å². The lowest BCUT2D eigenvalue weighted by Crippen LogP contribution is -2.44. The molecule has 5 rings (SSSR count). The van der Waals surface area contributed by atoms with Crippen molar-refractivity contribution in [1.29, 1.82) is 0 Å². The Balaban J connectivity index is 1.24. The van der Waals surface area contributed by atoms with E-state index < -0.39 is 0 Å². The highest BCUT2D eigenvalue weighted by atomic mass is 19.1. The van der Waals surface area contributed by atoms with Crippen molar-refractivity contribution in [3.05, 3.63) is 82.9 Å². The first-order valence-electron chi connectivity index (χ1n) is 11.1. The molecule has 6 heteroatoms. The molecule has 31 heavy (non-hydrogen) atoms. The van der Waals surface area contributed by atoms with Gasteiger partial charge < -0.3 is 5.32 Å². The van der Waals surface area contributed by atoms with Crippen molar-refractivity contribution in [2.75, 3.05) is 13.1 Å². The van der Waals surface area contributed by atoms with Crippen molar-refractivity contribution in [3.8, 4) is 5.69 Å². The summed E-state index contributed by atoms with van der Waals surface area (Å²) in [6.07, 6.45) is 4.67. The summed E-state index contributed by atoms with van der Waals surface area (Å²) in [5.41, 5.74) is 4.78. The maximum absolute atomic E-state index is 13.3. The number of benzene rings is 2. The van der Waals surface area contributed by atoms with E-state index in [-0.39, 0.29) is 17.8 Å². The van der Waals surface area contributed by atoms with Gasteiger partial charge in [-0.2, -0.15) is 5.10 Å². The average molecular weight is 419 g/mol. The van der Waals surface area contributed by atoms with Crippen molar-refractivity contribution in [2.45, 2.75) is 44.7 Å².